The zero-order valence-electron chi connectivity index (χ0n) is 10.7. The third-order valence-corrected chi connectivity index (χ3v) is 4.71. The maximum Gasteiger partial charge on any atom is 0.271 e. The van der Waals surface area contributed by atoms with Crippen LogP contribution in [0.15, 0.2) is 22.6 Å². The van der Waals surface area contributed by atoms with Crippen LogP contribution < -0.4 is 5.56 Å². The van der Waals surface area contributed by atoms with E-state index < -0.39 is 0 Å². The summed E-state index contributed by atoms with van der Waals surface area (Å²) in [6, 6.07) is 1.83. The first-order valence-electron chi connectivity index (χ1n) is 6.71. The lowest BCUT2D eigenvalue weighted by atomic mass is 9.86. The molecule has 4 nitrogen and oxygen atoms in total. The van der Waals surface area contributed by atoms with Crippen LogP contribution in [0.1, 0.15) is 32.1 Å². The van der Waals surface area contributed by atoms with Gasteiger partial charge < -0.3 is 0 Å². The van der Waals surface area contributed by atoms with Gasteiger partial charge in [-0.25, -0.2) is 4.98 Å². The first-order chi connectivity index (χ1) is 9.25. The van der Waals surface area contributed by atoms with E-state index in [1.807, 2.05) is 11.4 Å². The van der Waals surface area contributed by atoms with E-state index in [4.69, 9.17) is 0 Å². The Hall–Kier alpha value is -1.49. The van der Waals surface area contributed by atoms with Crippen molar-refractivity contribution in [3.05, 3.63) is 28.1 Å². The molecule has 0 N–H and O–H groups in total. The molecule has 3 rings (SSSR count). The average Bonchev–Trinajstić information content (AvgIpc) is 2.92. The molecule has 0 saturated heterocycles. The Morgan fingerprint density at radius 2 is 2.16 bits per heavy atom. The van der Waals surface area contributed by atoms with Crippen LogP contribution >= 0.6 is 11.3 Å². The summed E-state index contributed by atoms with van der Waals surface area (Å²) in [4.78, 5) is 28.6. The largest absolute Gasteiger partial charge is 0.297 e. The van der Waals surface area contributed by atoms with E-state index in [1.165, 1.54) is 28.7 Å². The van der Waals surface area contributed by atoms with E-state index in [-0.39, 0.29) is 23.8 Å². The normalized spacial score (nSPS) is 16.8. The molecule has 0 unspecified atom stereocenters. The molecular formula is C14H16N2O2S. The van der Waals surface area contributed by atoms with Crippen molar-refractivity contribution >= 4 is 27.3 Å². The highest BCUT2D eigenvalue weighted by molar-refractivity contribution is 7.17. The maximum absolute atomic E-state index is 12.2. The third kappa shape index (κ3) is 2.47. The van der Waals surface area contributed by atoms with Gasteiger partial charge in [-0.15, -0.1) is 11.3 Å². The van der Waals surface area contributed by atoms with Gasteiger partial charge in [-0.05, 0) is 24.3 Å². The molecule has 1 aliphatic carbocycles. The SMILES string of the molecule is O=C(Cn1cnc2ccsc2c1=O)C1CCCCC1. The zero-order valence-corrected chi connectivity index (χ0v) is 11.5. The van der Waals surface area contributed by atoms with Gasteiger partial charge in [0.1, 0.15) is 4.70 Å². The van der Waals surface area contributed by atoms with Gasteiger partial charge >= 0.3 is 0 Å². The predicted molar refractivity (Wildman–Crippen MR) is 75.5 cm³/mol. The highest BCUT2D eigenvalue weighted by Gasteiger charge is 2.21. The number of hydrogen-bond acceptors (Lipinski definition) is 4. The van der Waals surface area contributed by atoms with E-state index >= 15 is 0 Å². The van der Waals surface area contributed by atoms with Gasteiger partial charge in [0.15, 0.2) is 5.78 Å². The summed E-state index contributed by atoms with van der Waals surface area (Å²) in [7, 11) is 0. The molecule has 0 aliphatic heterocycles. The van der Waals surface area contributed by atoms with Crippen LogP contribution in [0.25, 0.3) is 10.2 Å². The minimum Gasteiger partial charge on any atom is -0.297 e. The smallest absolute Gasteiger partial charge is 0.271 e. The van der Waals surface area contributed by atoms with Crippen molar-refractivity contribution in [3.8, 4) is 0 Å². The Balaban J connectivity index is 1.82. The maximum atomic E-state index is 12.2. The second kappa shape index (κ2) is 5.25. The predicted octanol–water partition coefficient (Wildman–Crippen LogP) is 2.61. The molecule has 2 aromatic heterocycles. The van der Waals surface area contributed by atoms with Crippen LogP contribution in [0.4, 0.5) is 0 Å². The minimum atomic E-state index is -0.0934. The Labute approximate surface area is 115 Å². The Kier molecular flexibility index (Phi) is 3.46. The van der Waals surface area contributed by atoms with Crippen molar-refractivity contribution in [1.82, 2.24) is 9.55 Å². The number of hydrogen-bond donors (Lipinski definition) is 0. The van der Waals surface area contributed by atoms with Crippen LogP contribution in [0, 0.1) is 5.92 Å². The van der Waals surface area contributed by atoms with Crippen molar-refractivity contribution in [2.75, 3.05) is 0 Å². The van der Waals surface area contributed by atoms with E-state index in [1.54, 1.807) is 0 Å². The molecular weight excluding hydrogens is 260 g/mol. The van der Waals surface area contributed by atoms with Gasteiger partial charge in [-0.3, -0.25) is 14.2 Å². The zero-order chi connectivity index (χ0) is 13.2. The van der Waals surface area contributed by atoms with Gasteiger partial charge in [0.25, 0.3) is 5.56 Å². The first kappa shape index (κ1) is 12.5. The Bertz CT molecular complexity index is 653. The average molecular weight is 276 g/mol. The summed E-state index contributed by atoms with van der Waals surface area (Å²) in [5.41, 5.74) is 0.625. The molecule has 0 amide bonds. The number of Topliss-reactive ketones (excluding diaryl/α,β-unsaturated/α-hetero) is 1. The molecule has 1 saturated carbocycles. The summed E-state index contributed by atoms with van der Waals surface area (Å²) in [6.07, 6.45) is 6.94. The van der Waals surface area contributed by atoms with E-state index in [0.717, 1.165) is 31.2 Å². The quantitative estimate of drug-likeness (QED) is 0.866. The first-order valence-corrected chi connectivity index (χ1v) is 7.59. The number of rotatable bonds is 3. The fraction of sp³-hybridized carbons (Fsp3) is 0.500. The summed E-state index contributed by atoms with van der Waals surface area (Å²) in [5.74, 6) is 0.319. The number of nitrogens with zero attached hydrogens (tertiary/aromatic N) is 2. The molecule has 0 radical (unpaired) electrons. The lowest BCUT2D eigenvalue weighted by molar-refractivity contribution is -0.124. The molecule has 0 spiro atoms. The highest BCUT2D eigenvalue weighted by Crippen LogP contribution is 2.24. The molecule has 1 aliphatic rings. The van der Waals surface area contributed by atoms with Gasteiger partial charge in [0, 0.05) is 5.92 Å². The standard InChI is InChI=1S/C14H16N2O2S/c17-12(10-4-2-1-3-5-10)8-16-9-15-11-6-7-19-13(11)14(16)18/h6-7,9-10H,1-5,8H2. The molecule has 19 heavy (non-hydrogen) atoms. The van der Waals surface area contributed by atoms with E-state index in [0.29, 0.717) is 4.70 Å². The van der Waals surface area contributed by atoms with E-state index in [9.17, 15) is 9.59 Å². The molecule has 0 aromatic carbocycles. The number of fused-ring (bicyclic) bond motifs is 1. The Morgan fingerprint density at radius 3 is 2.95 bits per heavy atom. The molecule has 0 bridgehead atoms. The summed E-state index contributed by atoms with van der Waals surface area (Å²) in [5, 5.41) is 1.85. The van der Waals surface area contributed by atoms with Crippen molar-refractivity contribution in [1.29, 1.82) is 0 Å². The van der Waals surface area contributed by atoms with Crippen LogP contribution in [0.2, 0.25) is 0 Å². The monoisotopic (exact) mass is 276 g/mol. The topological polar surface area (TPSA) is 52.0 Å². The summed E-state index contributed by atoms with van der Waals surface area (Å²) in [6.45, 7) is 0.171. The van der Waals surface area contributed by atoms with Gasteiger partial charge in [-0.2, -0.15) is 0 Å². The molecule has 100 valence electrons. The summed E-state index contributed by atoms with van der Waals surface area (Å²) >= 11 is 1.38. The molecule has 2 heterocycles. The fourth-order valence-electron chi connectivity index (χ4n) is 2.71. The summed E-state index contributed by atoms with van der Waals surface area (Å²) < 4.78 is 2.09. The van der Waals surface area contributed by atoms with Crippen LogP contribution in [-0.2, 0) is 11.3 Å². The molecule has 5 heteroatoms. The van der Waals surface area contributed by atoms with Crippen molar-refractivity contribution in [3.63, 3.8) is 0 Å². The van der Waals surface area contributed by atoms with Gasteiger partial charge in [0.05, 0.1) is 18.4 Å². The second-order valence-electron chi connectivity index (χ2n) is 5.11. The van der Waals surface area contributed by atoms with Gasteiger partial charge in [-0.1, -0.05) is 19.3 Å². The van der Waals surface area contributed by atoms with Crippen LogP contribution in [0.3, 0.4) is 0 Å². The molecule has 0 atom stereocenters. The number of thiophene rings is 1. The number of carbonyl (C=O) groups excluding carboxylic acids is 1. The van der Waals surface area contributed by atoms with E-state index in [2.05, 4.69) is 4.98 Å². The van der Waals surface area contributed by atoms with Crippen LogP contribution in [-0.4, -0.2) is 15.3 Å². The van der Waals surface area contributed by atoms with Crippen molar-refractivity contribution in [2.24, 2.45) is 5.92 Å². The van der Waals surface area contributed by atoms with Crippen molar-refractivity contribution in [2.45, 2.75) is 38.6 Å². The van der Waals surface area contributed by atoms with Gasteiger partial charge in [0.2, 0.25) is 0 Å². The van der Waals surface area contributed by atoms with Crippen LogP contribution in [0.5, 0.6) is 0 Å². The molecule has 2 aromatic rings. The Morgan fingerprint density at radius 1 is 1.37 bits per heavy atom. The number of carbonyl (C=O) groups is 1. The lowest BCUT2D eigenvalue weighted by Crippen LogP contribution is -2.28. The fourth-order valence-corrected chi connectivity index (χ4v) is 3.51. The number of aromatic nitrogens is 2. The second-order valence-corrected chi connectivity index (χ2v) is 6.03. The number of ketones is 1. The lowest BCUT2D eigenvalue weighted by Gasteiger charge is -2.20. The molecule has 1 fully saturated rings. The highest BCUT2D eigenvalue weighted by atomic mass is 32.1. The third-order valence-electron chi connectivity index (χ3n) is 3.82. The van der Waals surface area contributed by atoms with Crippen molar-refractivity contribution < 1.29 is 4.79 Å². The minimum absolute atomic E-state index is 0.0934.